The molecule has 20 heavy (non-hydrogen) atoms. The number of hydrogen-bond acceptors (Lipinski definition) is 4. The van der Waals surface area contributed by atoms with E-state index in [4.69, 9.17) is 4.42 Å². The maximum atomic E-state index is 12.2. The summed E-state index contributed by atoms with van der Waals surface area (Å²) in [7, 11) is -1.59. The van der Waals surface area contributed by atoms with Crippen molar-refractivity contribution < 1.29 is 17.6 Å². The lowest BCUT2D eigenvalue weighted by Crippen LogP contribution is -2.46. The summed E-state index contributed by atoms with van der Waals surface area (Å²) in [5, 5.41) is 0. The van der Waals surface area contributed by atoms with E-state index in [1.807, 2.05) is 0 Å². The summed E-state index contributed by atoms with van der Waals surface area (Å²) in [6.45, 7) is 1.10. The van der Waals surface area contributed by atoms with Crippen LogP contribution in [-0.4, -0.2) is 56.0 Å². The van der Waals surface area contributed by atoms with Gasteiger partial charge in [0.1, 0.15) is 6.26 Å². The smallest absolute Gasteiger partial charge is 0.257 e. The Hall–Kier alpha value is -0.860. The van der Waals surface area contributed by atoms with Crippen LogP contribution in [-0.2, 0) is 10.0 Å². The van der Waals surface area contributed by atoms with Crippen molar-refractivity contribution in [3.63, 3.8) is 0 Å². The fourth-order valence-corrected chi connectivity index (χ4v) is 3.40. The third-order valence-electron chi connectivity index (χ3n) is 3.60. The van der Waals surface area contributed by atoms with Crippen LogP contribution in [0.4, 0.5) is 0 Å². The van der Waals surface area contributed by atoms with E-state index >= 15 is 0 Å². The van der Waals surface area contributed by atoms with Gasteiger partial charge in [-0.15, -0.1) is 0 Å². The van der Waals surface area contributed by atoms with E-state index in [1.165, 1.54) is 16.8 Å². The zero-order chi connectivity index (χ0) is 14.9. The summed E-state index contributed by atoms with van der Waals surface area (Å²) >= 11 is 3.16. The molecule has 0 aromatic carbocycles. The molecule has 8 heteroatoms. The molecule has 2 heterocycles. The molecule has 0 aliphatic carbocycles. The Bertz CT molecular complexity index is 590. The van der Waals surface area contributed by atoms with Crippen molar-refractivity contribution in [3.05, 3.63) is 22.6 Å². The molecule has 1 aliphatic rings. The molecule has 1 amide bonds. The third-order valence-corrected chi connectivity index (χ3v) is 5.36. The highest BCUT2D eigenvalue weighted by molar-refractivity contribution is 9.10. The predicted octanol–water partition coefficient (Wildman–Crippen LogP) is 1.54. The highest BCUT2D eigenvalue weighted by Crippen LogP contribution is 2.21. The Morgan fingerprint density at radius 2 is 2.05 bits per heavy atom. The largest absolute Gasteiger partial charge is 0.457 e. The summed E-state index contributed by atoms with van der Waals surface area (Å²) in [4.78, 5) is 13.9. The molecule has 0 radical (unpaired) electrons. The SMILES string of the molecule is CN(C1CCN(C(=O)c2coc(Br)c2)CC1)S(C)(=O)=O. The average molecular weight is 365 g/mol. The molecule has 0 unspecified atom stereocenters. The van der Waals surface area contributed by atoms with Crippen molar-refractivity contribution >= 4 is 31.9 Å². The molecule has 2 rings (SSSR count). The molecule has 1 aliphatic heterocycles. The number of nitrogens with zero attached hydrogens (tertiary/aromatic N) is 2. The second-order valence-corrected chi connectivity index (χ2v) is 7.77. The number of halogens is 1. The van der Waals surface area contributed by atoms with Crippen LogP contribution in [0, 0.1) is 0 Å². The Labute approximate surface area is 126 Å². The molecule has 1 fully saturated rings. The van der Waals surface area contributed by atoms with Crippen LogP contribution in [0.25, 0.3) is 0 Å². The lowest BCUT2D eigenvalue weighted by molar-refractivity contribution is 0.0685. The molecule has 0 bridgehead atoms. The third kappa shape index (κ3) is 3.42. The number of rotatable bonds is 3. The molecule has 0 atom stereocenters. The first-order chi connectivity index (χ1) is 9.29. The molecule has 6 nitrogen and oxygen atoms in total. The molecule has 112 valence electrons. The highest BCUT2D eigenvalue weighted by Gasteiger charge is 2.29. The Morgan fingerprint density at radius 3 is 2.50 bits per heavy atom. The molecule has 0 spiro atoms. The van der Waals surface area contributed by atoms with Crippen molar-refractivity contribution in [2.75, 3.05) is 26.4 Å². The Kier molecular flexibility index (Phi) is 4.55. The van der Waals surface area contributed by atoms with E-state index in [-0.39, 0.29) is 11.9 Å². The van der Waals surface area contributed by atoms with E-state index in [9.17, 15) is 13.2 Å². The molecule has 1 aromatic heterocycles. The summed E-state index contributed by atoms with van der Waals surface area (Å²) in [5.74, 6) is -0.0834. The second kappa shape index (κ2) is 5.87. The molecular weight excluding hydrogens is 348 g/mol. The first kappa shape index (κ1) is 15.5. The van der Waals surface area contributed by atoms with E-state index < -0.39 is 10.0 Å². The van der Waals surface area contributed by atoms with Crippen molar-refractivity contribution in [1.82, 2.24) is 9.21 Å². The molecule has 1 saturated heterocycles. The second-order valence-electron chi connectivity index (χ2n) is 4.94. The van der Waals surface area contributed by atoms with Gasteiger partial charge in [-0.2, -0.15) is 0 Å². The van der Waals surface area contributed by atoms with E-state index in [0.29, 0.717) is 36.2 Å². The number of amides is 1. The van der Waals surface area contributed by atoms with Crippen LogP contribution in [0.2, 0.25) is 0 Å². The highest BCUT2D eigenvalue weighted by atomic mass is 79.9. The van der Waals surface area contributed by atoms with Crippen LogP contribution < -0.4 is 0 Å². The predicted molar refractivity (Wildman–Crippen MR) is 77.9 cm³/mol. The number of carbonyl (C=O) groups is 1. The number of likely N-dealkylation sites (tertiary alicyclic amines) is 1. The van der Waals surface area contributed by atoms with Crippen LogP contribution >= 0.6 is 15.9 Å². The van der Waals surface area contributed by atoms with Crippen molar-refractivity contribution in [2.24, 2.45) is 0 Å². The van der Waals surface area contributed by atoms with E-state index in [0.717, 1.165) is 0 Å². The molecular formula is C12H17BrN2O4S. The fraction of sp³-hybridized carbons (Fsp3) is 0.583. The van der Waals surface area contributed by atoms with Gasteiger partial charge in [-0.1, -0.05) is 0 Å². The number of carbonyl (C=O) groups excluding carboxylic acids is 1. The monoisotopic (exact) mass is 364 g/mol. The minimum Gasteiger partial charge on any atom is -0.457 e. The van der Waals surface area contributed by atoms with Gasteiger partial charge in [0, 0.05) is 32.2 Å². The minimum atomic E-state index is -3.18. The summed E-state index contributed by atoms with van der Waals surface area (Å²) < 4.78 is 30.0. The van der Waals surface area contributed by atoms with E-state index in [2.05, 4.69) is 15.9 Å². The maximum absolute atomic E-state index is 12.2. The van der Waals surface area contributed by atoms with Gasteiger partial charge < -0.3 is 9.32 Å². The number of sulfonamides is 1. The van der Waals surface area contributed by atoms with Gasteiger partial charge in [0.2, 0.25) is 10.0 Å². The quantitative estimate of drug-likeness (QED) is 0.815. The van der Waals surface area contributed by atoms with Gasteiger partial charge in [0.25, 0.3) is 5.91 Å². The average Bonchev–Trinajstić information content (AvgIpc) is 2.83. The number of hydrogen-bond donors (Lipinski definition) is 0. The summed E-state index contributed by atoms with van der Waals surface area (Å²) in [5.41, 5.74) is 0.506. The maximum Gasteiger partial charge on any atom is 0.257 e. The van der Waals surface area contributed by atoms with Crippen LogP contribution in [0.3, 0.4) is 0 Å². The first-order valence-electron chi connectivity index (χ1n) is 6.25. The molecule has 0 N–H and O–H groups in total. The van der Waals surface area contributed by atoms with Crippen molar-refractivity contribution in [1.29, 1.82) is 0 Å². The van der Waals surface area contributed by atoms with Gasteiger partial charge in [0.05, 0.1) is 11.8 Å². The van der Waals surface area contributed by atoms with Crippen molar-refractivity contribution in [3.8, 4) is 0 Å². The Morgan fingerprint density at radius 1 is 1.45 bits per heavy atom. The van der Waals surface area contributed by atoms with Crippen molar-refractivity contribution in [2.45, 2.75) is 18.9 Å². The van der Waals surface area contributed by atoms with Crippen LogP contribution in [0.1, 0.15) is 23.2 Å². The lowest BCUT2D eigenvalue weighted by Gasteiger charge is -2.35. The van der Waals surface area contributed by atoms with Gasteiger partial charge in [-0.25, -0.2) is 12.7 Å². The zero-order valence-corrected chi connectivity index (χ0v) is 13.8. The van der Waals surface area contributed by atoms with Gasteiger partial charge in [0.15, 0.2) is 4.67 Å². The lowest BCUT2D eigenvalue weighted by atomic mass is 10.0. The standard InChI is InChI=1S/C12H17BrN2O4S/c1-14(20(2,17)18)10-3-5-15(6-4-10)12(16)9-7-11(13)19-8-9/h7-8,10H,3-6H2,1-2H3. The summed E-state index contributed by atoms with van der Waals surface area (Å²) in [6.07, 6.45) is 3.91. The van der Waals surface area contributed by atoms with Gasteiger partial charge in [-0.05, 0) is 28.8 Å². The normalized spacial score (nSPS) is 17.7. The topological polar surface area (TPSA) is 70.8 Å². The first-order valence-corrected chi connectivity index (χ1v) is 8.89. The van der Waals surface area contributed by atoms with Crippen LogP contribution in [0.5, 0.6) is 0 Å². The number of furan rings is 1. The minimum absolute atomic E-state index is 0.0369. The zero-order valence-electron chi connectivity index (χ0n) is 11.4. The fourth-order valence-electron chi connectivity index (χ4n) is 2.31. The van der Waals surface area contributed by atoms with Gasteiger partial charge in [-0.3, -0.25) is 4.79 Å². The molecule has 0 saturated carbocycles. The Balaban J connectivity index is 1.96. The van der Waals surface area contributed by atoms with E-state index in [1.54, 1.807) is 18.0 Å². The van der Waals surface area contributed by atoms with Gasteiger partial charge >= 0.3 is 0 Å². The summed E-state index contributed by atoms with van der Waals surface area (Å²) in [6, 6.07) is 1.60. The number of piperidine rings is 1. The van der Waals surface area contributed by atoms with Crippen LogP contribution in [0.15, 0.2) is 21.4 Å². The molecule has 1 aromatic rings.